The highest BCUT2D eigenvalue weighted by molar-refractivity contribution is 7.92. The Kier molecular flexibility index (Phi) is 8.53. The summed E-state index contributed by atoms with van der Waals surface area (Å²) in [6.45, 7) is 1.93. The van der Waals surface area contributed by atoms with E-state index in [4.69, 9.17) is 14.2 Å². The van der Waals surface area contributed by atoms with Crippen molar-refractivity contribution in [3.05, 3.63) is 78.1 Å². The fourth-order valence-corrected chi connectivity index (χ4v) is 4.79. The lowest BCUT2D eigenvalue weighted by Crippen LogP contribution is -2.40. The van der Waals surface area contributed by atoms with E-state index in [1.807, 2.05) is 25.1 Å². The van der Waals surface area contributed by atoms with E-state index in [1.54, 1.807) is 6.07 Å². The zero-order valence-corrected chi connectivity index (χ0v) is 20.5. The minimum atomic E-state index is -4.23. The molecule has 1 N–H and O–H groups in total. The van der Waals surface area contributed by atoms with Crippen molar-refractivity contribution in [2.75, 3.05) is 31.7 Å². The molecule has 0 aliphatic carbocycles. The normalized spacial score (nSPS) is 11.0. The van der Waals surface area contributed by atoms with E-state index < -0.39 is 28.3 Å². The first-order chi connectivity index (χ1) is 16.8. The van der Waals surface area contributed by atoms with Crippen LogP contribution in [0.15, 0.2) is 71.6 Å². The summed E-state index contributed by atoms with van der Waals surface area (Å²) in [6, 6.07) is 16.2. The molecule has 0 saturated carbocycles. The molecule has 35 heavy (non-hydrogen) atoms. The largest absolute Gasteiger partial charge is 0.494 e. The van der Waals surface area contributed by atoms with Crippen molar-refractivity contribution in [3.63, 3.8) is 0 Å². The van der Waals surface area contributed by atoms with Crippen LogP contribution in [0.1, 0.15) is 12.5 Å². The molecule has 0 saturated heterocycles. The second-order valence-electron chi connectivity index (χ2n) is 7.32. The van der Waals surface area contributed by atoms with E-state index in [0.717, 1.165) is 22.0 Å². The van der Waals surface area contributed by atoms with Crippen LogP contribution in [0.2, 0.25) is 0 Å². The van der Waals surface area contributed by atoms with Gasteiger partial charge in [-0.15, -0.1) is 0 Å². The molecule has 3 aromatic carbocycles. The lowest BCUT2D eigenvalue weighted by atomic mass is 10.2. The van der Waals surface area contributed by atoms with Crippen molar-refractivity contribution in [2.45, 2.75) is 18.4 Å². The molecule has 186 valence electrons. The Balaban J connectivity index is 1.89. The second kappa shape index (κ2) is 11.6. The summed E-state index contributed by atoms with van der Waals surface area (Å²) in [7, 11) is -1.41. The van der Waals surface area contributed by atoms with Crippen LogP contribution in [-0.4, -0.2) is 41.7 Å². The molecule has 0 aliphatic heterocycles. The van der Waals surface area contributed by atoms with Gasteiger partial charge < -0.3 is 19.5 Å². The summed E-state index contributed by atoms with van der Waals surface area (Å²) in [5, 5.41) is 2.73. The number of carbonyl (C=O) groups excluding carboxylic acids is 1. The van der Waals surface area contributed by atoms with Crippen molar-refractivity contribution < 1.29 is 31.8 Å². The first kappa shape index (κ1) is 25.8. The molecule has 0 aromatic heterocycles. The zero-order valence-electron chi connectivity index (χ0n) is 19.7. The van der Waals surface area contributed by atoms with Crippen LogP contribution in [0.25, 0.3) is 0 Å². The molecule has 1 amide bonds. The monoisotopic (exact) mass is 502 g/mol. The minimum Gasteiger partial charge on any atom is -0.494 e. The van der Waals surface area contributed by atoms with Crippen LogP contribution < -0.4 is 23.8 Å². The number of nitrogens with one attached hydrogen (secondary N) is 1. The highest BCUT2D eigenvalue weighted by Crippen LogP contribution is 2.32. The van der Waals surface area contributed by atoms with E-state index in [2.05, 4.69) is 5.32 Å². The Hall–Kier alpha value is -3.79. The fourth-order valence-electron chi connectivity index (χ4n) is 3.35. The molecule has 0 atom stereocenters. The Morgan fingerprint density at radius 1 is 0.943 bits per heavy atom. The lowest BCUT2D eigenvalue weighted by Gasteiger charge is -2.24. The third kappa shape index (κ3) is 6.21. The van der Waals surface area contributed by atoms with Gasteiger partial charge in [-0.2, -0.15) is 0 Å². The van der Waals surface area contributed by atoms with Gasteiger partial charge in [-0.25, -0.2) is 12.8 Å². The Labute approximate surface area is 204 Å². The number of amides is 1. The Morgan fingerprint density at radius 2 is 1.63 bits per heavy atom. The first-order valence-electron chi connectivity index (χ1n) is 10.8. The SMILES string of the molecule is CCOc1ccccc1CNC(=O)CN(c1ccc(F)cc1)S(=O)(=O)c1ccc(OC)c(OC)c1. The predicted octanol–water partition coefficient (Wildman–Crippen LogP) is 3.75. The van der Waals surface area contributed by atoms with Crippen LogP contribution in [0.3, 0.4) is 0 Å². The van der Waals surface area contributed by atoms with Crippen molar-refractivity contribution in [1.82, 2.24) is 5.32 Å². The molecular formula is C25H27FN2O6S. The summed E-state index contributed by atoms with van der Waals surface area (Å²) < 4.78 is 57.6. The van der Waals surface area contributed by atoms with Gasteiger partial charge in [0.25, 0.3) is 10.0 Å². The quantitative estimate of drug-likeness (QED) is 0.429. The first-order valence-corrected chi connectivity index (χ1v) is 12.2. The number of nitrogens with zero attached hydrogens (tertiary/aromatic N) is 1. The number of carbonyl (C=O) groups is 1. The van der Waals surface area contributed by atoms with Crippen molar-refractivity contribution >= 4 is 21.6 Å². The molecule has 3 rings (SSSR count). The molecule has 3 aromatic rings. The molecule has 0 aliphatic rings. The fraction of sp³-hybridized carbons (Fsp3) is 0.240. The minimum absolute atomic E-state index is 0.117. The number of anilines is 1. The molecule has 0 spiro atoms. The van der Waals surface area contributed by atoms with Gasteiger partial charge in [-0.1, -0.05) is 18.2 Å². The van der Waals surface area contributed by atoms with Gasteiger partial charge in [0.05, 0.1) is 31.4 Å². The van der Waals surface area contributed by atoms with Gasteiger partial charge in [-0.05, 0) is 49.4 Å². The van der Waals surface area contributed by atoms with E-state index >= 15 is 0 Å². The van der Waals surface area contributed by atoms with Gasteiger partial charge in [0.2, 0.25) is 5.91 Å². The maximum Gasteiger partial charge on any atom is 0.264 e. The molecule has 0 unspecified atom stereocenters. The van der Waals surface area contributed by atoms with Crippen molar-refractivity contribution in [1.29, 1.82) is 0 Å². The average molecular weight is 503 g/mol. The van der Waals surface area contributed by atoms with Gasteiger partial charge in [-0.3, -0.25) is 9.10 Å². The Morgan fingerprint density at radius 3 is 2.29 bits per heavy atom. The molecule has 0 bridgehead atoms. The maximum absolute atomic E-state index is 13.6. The van der Waals surface area contributed by atoms with Crippen molar-refractivity contribution in [2.24, 2.45) is 0 Å². The van der Waals surface area contributed by atoms with E-state index in [1.165, 1.54) is 44.6 Å². The average Bonchev–Trinajstić information content (AvgIpc) is 2.87. The summed E-state index contributed by atoms with van der Waals surface area (Å²) in [6.07, 6.45) is 0. The maximum atomic E-state index is 13.6. The van der Waals surface area contributed by atoms with E-state index in [0.29, 0.717) is 18.1 Å². The molecule has 10 heteroatoms. The van der Waals surface area contributed by atoms with Crippen LogP contribution in [0.4, 0.5) is 10.1 Å². The number of rotatable bonds is 11. The van der Waals surface area contributed by atoms with Gasteiger partial charge in [0.1, 0.15) is 18.1 Å². The molecule has 8 nitrogen and oxygen atoms in total. The molecular weight excluding hydrogens is 475 g/mol. The van der Waals surface area contributed by atoms with Crippen LogP contribution in [0.5, 0.6) is 17.2 Å². The number of methoxy groups -OCH3 is 2. The number of hydrogen-bond acceptors (Lipinski definition) is 6. The number of ether oxygens (including phenoxy) is 3. The summed E-state index contributed by atoms with van der Waals surface area (Å²) in [5.41, 5.74) is 0.879. The van der Waals surface area contributed by atoms with Crippen LogP contribution >= 0.6 is 0 Å². The van der Waals surface area contributed by atoms with Gasteiger partial charge in [0.15, 0.2) is 11.5 Å². The number of halogens is 1. The zero-order chi connectivity index (χ0) is 25.4. The highest BCUT2D eigenvalue weighted by Gasteiger charge is 2.28. The number of sulfonamides is 1. The summed E-state index contributed by atoms with van der Waals surface area (Å²) in [5.74, 6) is 0.109. The predicted molar refractivity (Wildman–Crippen MR) is 130 cm³/mol. The number of benzene rings is 3. The number of hydrogen-bond donors (Lipinski definition) is 1. The Bertz CT molecular complexity index is 1270. The highest BCUT2D eigenvalue weighted by atomic mass is 32.2. The van der Waals surface area contributed by atoms with E-state index in [-0.39, 0.29) is 22.9 Å². The van der Waals surface area contributed by atoms with Crippen molar-refractivity contribution in [3.8, 4) is 17.2 Å². The van der Waals surface area contributed by atoms with Crippen LogP contribution in [0, 0.1) is 5.82 Å². The summed E-state index contributed by atoms with van der Waals surface area (Å²) in [4.78, 5) is 12.7. The molecule has 0 fully saturated rings. The third-order valence-electron chi connectivity index (χ3n) is 5.09. The van der Waals surface area contributed by atoms with Gasteiger partial charge >= 0.3 is 0 Å². The topological polar surface area (TPSA) is 94.2 Å². The van der Waals surface area contributed by atoms with Crippen LogP contribution in [-0.2, 0) is 21.4 Å². The second-order valence-corrected chi connectivity index (χ2v) is 9.18. The third-order valence-corrected chi connectivity index (χ3v) is 6.86. The number of para-hydroxylation sites is 1. The van der Waals surface area contributed by atoms with Gasteiger partial charge in [0, 0.05) is 18.2 Å². The smallest absolute Gasteiger partial charge is 0.264 e. The molecule has 0 heterocycles. The lowest BCUT2D eigenvalue weighted by molar-refractivity contribution is -0.119. The standard InChI is InChI=1S/C25H27FN2O6S/c1-4-34-22-8-6-5-7-18(22)16-27-25(29)17-28(20-11-9-19(26)10-12-20)35(30,31)21-13-14-23(32-2)24(15-21)33-3/h5-15H,4,16-17H2,1-3H3,(H,27,29). The van der Waals surface area contributed by atoms with E-state index in [9.17, 15) is 17.6 Å². The summed E-state index contributed by atoms with van der Waals surface area (Å²) >= 11 is 0. The molecule has 0 radical (unpaired) electrons.